The Morgan fingerprint density at radius 2 is 0.981 bits per heavy atom. The maximum atomic E-state index is 12.5. The first-order valence-corrected chi connectivity index (χ1v) is 22.0. The minimum Gasteiger partial charge on any atom is -0.462 e. The molecule has 0 spiro atoms. The molecule has 0 bridgehead atoms. The van der Waals surface area contributed by atoms with Crippen LogP contribution in [0.25, 0.3) is 0 Å². The molecular weight excluding hydrogens is 675 g/mol. The molecule has 8 nitrogen and oxygen atoms in total. The molecule has 0 heterocycles. The van der Waals surface area contributed by atoms with Crippen molar-refractivity contribution in [1.29, 1.82) is 0 Å². The van der Waals surface area contributed by atoms with E-state index in [1.165, 1.54) is 51.4 Å². The van der Waals surface area contributed by atoms with Crippen molar-refractivity contribution in [3.8, 4) is 0 Å². The highest BCUT2D eigenvalue weighted by Gasteiger charge is 2.24. The topological polar surface area (TPSA) is 108 Å². The van der Waals surface area contributed by atoms with Crippen molar-refractivity contribution in [2.24, 2.45) is 0 Å². The van der Waals surface area contributed by atoms with Crippen LogP contribution in [-0.2, 0) is 32.7 Å². The minimum absolute atomic E-state index is 0.213. The maximum absolute atomic E-state index is 12.5. The number of rotatable bonds is 37. The summed E-state index contributed by atoms with van der Waals surface area (Å²) >= 11 is 0. The highest BCUT2D eigenvalue weighted by molar-refractivity contribution is 7.47. The lowest BCUT2D eigenvalue weighted by Gasteiger charge is -2.19. The number of carbonyl (C=O) groups is 2. The first-order valence-electron chi connectivity index (χ1n) is 20.5. The van der Waals surface area contributed by atoms with E-state index < -0.39 is 26.5 Å². The Morgan fingerprint density at radius 1 is 0.558 bits per heavy atom. The van der Waals surface area contributed by atoms with E-state index in [0.29, 0.717) is 6.42 Å². The van der Waals surface area contributed by atoms with E-state index in [1.807, 2.05) is 0 Å². The Bertz CT molecular complexity index is 1030. The molecule has 52 heavy (non-hydrogen) atoms. The Balaban J connectivity index is 4.09. The second-order valence-electron chi connectivity index (χ2n) is 13.4. The second kappa shape index (κ2) is 38.5. The van der Waals surface area contributed by atoms with Gasteiger partial charge < -0.3 is 14.4 Å². The Morgan fingerprint density at radius 3 is 1.48 bits per heavy atom. The highest BCUT2D eigenvalue weighted by atomic mass is 31.2. The van der Waals surface area contributed by atoms with Gasteiger partial charge in [0.25, 0.3) is 0 Å². The molecule has 0 aromatic rings. The van der Waals surface area contributed by atoms with Crippen molar-refractivity contribution in [2.45, 2.75) is 180 Å². The molecule has 0 radical (unpaired) electrons. The molecule has 0 saturated heterocycles. The predicted octanol–water partition coefficient (Wildman–Crippen LogP) is 12.8. The van der Waals surface area contributed by atoms with Gasteiger partial charge in [0.1, 0.15) is 6.61 Å². The van der Waals surface area contributed by atoms with Gasteiger partial charge in [0.05, 0.1) is 6.61 Å². The van der Waals surface area contributed by atoms with Gasteiger partial charge in [-0.05, 0) is 77.0 Å². The van der Waals surface area contributed by atoms with E-state index in [4.69, 9.17) is 14.0 Å². The summed E-state index contributed by atoms with van der Waals surface area (Å²) in [5.74, 6) is -0.844. The van der Waals surface area contributed by atoms with Crippen LogP contribution < -0.4 is 0 Å². The third-order valence-electron chi connectivity index (χ3n) is 8.50. The quantitative estimate of drug-likeness (QED) is 0.0289. The first-order chi connectivity index (χ1) is 25.3. The molecule has 300 valence electrons. The number of unbranched alkanes of at least 4 members (excludes halogenated alkanes) is 16. The van der Waals surface area contributed by atoms with Gasteiger partial charge in [-0.3, -0.25) is 18.6 Å². The summed E-state index contributed by atoms with van der Waals surface area (Å²) in [4.78, 5) is 34.4. The molecule has 2 atom stereocenters. The van der Waals surface area contributed by atoms with Crippen LogP contribution in [0.4, 0.5) is 0 Å². The smallest absolute Gasteiger partial charge is 0.462 e. The van der Waals surface area contributed by atoms with Crippen molar-refractivity contribution in [2.75, 3.05) is 20.3 Å². The summed E-state index contributed by atoms with van der Waals surface area (Å²) in [5.41, 5.74) is 0. The van der Waals surface area contributed by atoms with Gasteiger partial charge in [-0.15, -0.1) is 0 Å². The van der Waals surface area contributed by atoms with Crippen molar-refractivity contribution in [3.05, 3.63) is 60.8 Å². The molecule has 0 aromatic carbocycles. The standard InChI is InChI=1S/C43H75O8P/c1-4-6-8-10-12-14-16-18-20-22-24-26-28-30-32-34-36-38-43(45)51-41(40-50-52(46,47)48-3)39-49-42(44)37-35-33-31-29-27-25-23-21-19-17-15-13-11-9-7-5-2/h6,8,12,14,18,20-21,23-24,26,41H,4-5,7,9-11,13,15-17,19,22,25,27-40H2,1-3H3,(H,46,47)/b8-6-,14-12-,20-18-,23-21-,26-24-. The van der Waals surface area contributed by atoms with Crippen LogP contribution in [-0.4, -0.2) is 43.3 Å². The maximum Gasteiger partial charge on any atom is 0.472 e. The lowest BCUT2D eigenvalue weighted by atomic mass is 10.1. The molecule has 0 aliphatic heterocycles. The molecule has 0 saturated carbocycles. The monoisotopic (exact) mass is 751 g/mol. The molecule has 0 aromatic heterocycles. The number of carbonyl (C=O) groups excluding carboxylic acids is 2. The zero-order valence-corrected chi connectivity index (χ0v) is 34.1. The number of ether oxygens (including phenoxy) is 2. The number of phosphoric acid groups is 1. The Hall–Kier alpha value is -2.25. The predicted molar refractivity (Wildman–Crippen MR) is 216 cm³/mol. The van der Waals surface area contributed by atoms with Gasteiger partial charge in [-0.1, -0.05) is 145 Å². The molecule has 0 aliphatic rings. The molecule has 1 N–H and O–H groups in total. The molecule has 0 fully saturated rings. The van der Waals surface area contributed by atoms with Gasteiger partial charge in [0.2, 0.25) is 0 Å². The fraction of sp³-hybridized carbons (Fsp3) is 0.721. The molecule has 2 unspecified atom stereocenters. The zero-order chi connectivity index (χ0) is 38.2. The van der Waals surface area contributed by atoms with E-state index in [1.54, 1.807) is 0 Å². The SMILES string of the molecule is CC/C=C\C/C=C\C/C=C\C/C=C\CCCCCCC(=O)OC(COC(=O)CCCCCCC/C=C\CCCCCCCCC)COP(=O)(O)OC. The van der Waals surface area contributed by atoms with Crippen molar-refractivity contribution < 1.29 is 37.6 Å². The summed E-state index contributed by atoms with van der Waals surface area (Å²) in [6, 6.07) is 0. The fourth-order valence-electron chi connectivity index (χ4n) is 5.35. The van der Waals surface area contributed by atoms with Gasteiger partial charge in [0, 0.05) is 20.0 Å². The molecule has 0 aliphatic carbocycles. The summed E-state index contributed by atoms with van der Waals surface area (Å²) in [5, 5.41) is 0. The minimum atomic E-state index is -4.27. The van der Waals surface area contributed by atoms with Gasteiger partial charge in [-0.2, -0.15) is 0 Å². The molecule has 9 heteroatoms. The van der Waals surface area contributed by atoms with Crippen LogP contribution in [0.3, 0.4) is 0 Å². The average molecular weight is 751 g/mol. The second-order valence-corrected chi connectivity index (χ2v) is 14.9. The zero-order valence-electron chi connectivity index (χ0n) is 33.2. The summed E-state index contributed by atoms with van der Waals surface area (Å²) < 4.78 is 31.9. The summed E-state index contributed by atoms with van der Waals surface area (Å²) in [6.07, 6.45) is 47.0. The summed E-state index contributed by atoms with van der Waals surface area (Å²) in [7, 11) is -3.22. The van der Waals surface area contributed by atoms with Crippen LogP contribution >= 0.6 is 7.82 Å². The number of phosphoric ester groups is 1. The van der Waals surface area contributed by atoms with Crippen LogP contribution in [0.5, 0.6) is 0 Å². The van der Waals surface area contributed by atoms with Crippen molar-refractivity contribution in [1.82, 2.24) is 0 Å². The normalized spacial score (nSPS) is 14.0. The number of hydrogen-bond acceptors (Lipinski definition) is 7. The fourth-order valence-corrected chi connectivity index (χ4v) is 5.81. The first kappa shape index (κ1) is 49.8. The largest absolute Gasteiger partial charge is 0.472 e. The van der Waals surface area contributed by atoms with Crippen LogP contribution in [0.1, 0.15) is 174 Å². The third-order valence-corrected chi connectivity index (χ3v) is 9.43. The number of esters is 2. The molecule has 0 rings (SSSR count). The lowest BCUT2D eigenvalue weighted by molar-refractivity contribution is -0.161. The van der Waals surface area contributed by atoms with Crippen LogP contribution in [0.15, 0.2) is 60.8 Å². The van der Waals surface area contributed by atoms with E-state index in [9.17, 15) is 19.0 Å². The van der Waals surface area contributed by atoms with E-state index in [0.717, 1.165) is 97.0 Å². The van der Waals surface area contributed by atoms with Gasteiger partial charge in [0.15, 0.2) is 6.10 Å². The number of hydrogen-bond donors (Lipinski definition) is 1. The van der Waals surface area contributed by atoms with Crippen LogP contribution in [0.2, 0.25) is 0 Å². The third kappa shape index (κ3) is 37.5. The van der Waals surface area contributed by atoms with E-state index in [2.05, 4.69) is 79.1 Å². The van der Waals surface area contributed by atoms with Crippen molar-refractivity contribution >= 4 is 19.8 Å². The highest BCUT2D eigenvalue weighted by Crippen LogP contribution is 2.42. The van der Waals surface area contributed by atoms with Gasteiger partial charge >= 0.3 is 19.8 Å². The van der Waals surface area contributed by atoms with E-state index >= 15 is 0 Å². The Labute approximate surface area is 318 Å². The summed E-state index contributed by atoms with van der Waals surface area (Å²) in [6.45, 7) is 3.74. The molecular formula is C43H75O8P. The Kier molecular flexibility index (Phi) is 36.8. The lowest BCUT2D eigenvalue weighted by Crippen LogP contribution is -2.29. The van der Waals surface area contributed by atoms with Crippen molar-refractivity contribution in [3.63, 3.8) is 0 Å². The average Bonchev–Trinajstić information content (AvgIpc) is 3.13. The van der Waals surface area contributed by atoms with E-state index in [-0.39, 0.29) is 25.4 Å². The van der Waals surface area contributed by atoms with Crippen LogP contribution in [0, 0.1) is 0 Å². The number of allylic oxidation sites excluding steroid dienone is 10. The molecule has 0 amide bonds. The van der Waals surface area contributed by atoms with Gasteiger partial charge in [-0.25, -0.2) is 4.57 Å².